The van der Waals surface area contributed by atoms with Crippen molar-refractivity contribution >= 4 is 16.2 Å². The van der Waals surface area contributed by atoms with Gasteiger partial charge in [0.25, 0.3) is 10.1 Å². The molecule has 0 bridgehead atoms. The van der Waals surface area contributed by atoms with Crippen LogP contribution >= 0.6 is 0 Å². The fourth-order valence-corrected chi connectivity index (χ4v) is 3.37. The van der Waals surface area contributed by atoms with Crippen LogP contribution in [0.25, 0.3) is 0 Å². The molecule has 2 heterocycles. The Morgan fingerprint density at radius 2 is 1.95 bits per heavy atom. The van der Waals surface area contributed by atoms with Crippen LogP contribution in [0.3, 0.4) is 0 Å². The largest absolute Gasteiger partial charge is 0.416 e. The van der Waals surface area contributed by atoms with Gasteiger partial charge >= 0.3 is 6.09 Å². The fraction of sp³-hybridized carbons (Fsp3) is 0.917. The third kappa shape index (κ3) is 3.42. The third-order valence-corrected chi connectivity index (χ3v) is 4.47. The second-order valence-corrected chi connectivity index (χ2v) is 6.97. The van der Waals surface area contributed by atoms with Crippen molar-refractivity contribution in [3.63, 3.8) is 0 Å². The molecule has 2 saturated heterocycles. The zero-order valence-corrected chi connectivity index (χ0v) is 12.9. The van der Waals surface area contributed by atoms with Crippen LogP contribution in [0.4, 0.5) is 4.79 Å². The van der Waals surface area contributed by atoms with Gasteiger partial charge in [-0.3, -0.25) is 4.90 Å². The minimum Gasteiger partial charge on any atom is -0.416 e. The van der Waals surface area contributed by atoms with Gasteiger partial charge in [0.2, 0.25) is 6.29 Å². The van der Waals surface area contributed by atoms with Crippen LogP contribution < -0.4 is 0 Å². The highest BCUT2D eigenvalue weighted by atomic mass is 32.2. The molecule has 2 atom stereocenters. The van der Waals surface area contributed by atoms with Gasteiger partial charge in [0.1, 0.15) is 0 Å². The molecule has 2 aliphatic rings. The number of ether oxygens (including phenoxy) is 1. The monoisotopic (exact) mass is 306 g/mol. The average molecular weight is 306 g/mol. The number of carbonyl (C=O) groups excluding carboxylic acids is 1. The third-order valence-electron chi connectivity index (χ3n) is 3.93. The Morgan fingerprint density at radius 3 is 2.45 bits per heavy atom. The van der Waals surface area contributed by atoms with Crippen molar-refractivity contribution in [2.24, 2.45) is 0 Å². The maximum Gasteiger partial charge on any atom is 0.412 e. The number of piperidine rings is 1. The maximum absolute atomic E-state index is 11.9. The quantitative estimate of drug-likeness (QED) is 0.709. The van der Waals surface area contributed by atoms with Gasteiger partial charge in [0.15, 0.2) is 0 Å². The maximum atomic E-state index is 11.9. The van der Waals surface area contributed by atoms with Crippen molar-refractivity contribution in [1.29, 1.82) is 0 Å². The van der Waals surface area contributed by atoms with Gasteiger partial charge < -0.3 is 9.64 Å². The van der Waals surface area contributed by atoms with E-state index in [4.69, 9.17) is 8.92 Å². The molecule has 2 aliphatic heterocycles. The average Bonchev–Trinajstić information content (AvgIpc) is 2.63. The van der Waals surface area contributed by atoms with E-state index < -0.39 is 28.5 Å². The molecule has 116 valence electrons. The van der Waals surface area contributed by atoms with Crippen LogP contribution in [0, 0.1) is 0 Å². The van der Waals surface area contributed by atoms with E-state index in [9.17, 15) is 13.2 Å². The summed E-state index contributed by atoms with van der Waals surface area (Å²) >= 11 is 0. The lowest BCUT2D eigenvalue weighted by atomic mass is 10.0. The van der Waals surface area contributed by atoms with E-state index in [-0.39, 0.29) is 6.04 Å². The lowest BCUT2D eigenvalue weighted by molar-refractivity contribution is -0.00916. The van der Waals surface area contributed by atoms with Crippen molar-refractivity contribution in [2.45, 2.75) is 45.1 Å². The van der Waals surface area contributed by atoms with Crippen LogP contribution in [-0.2, 0) is 19.0 Å². The summed E-state index contributed by atoms with van der Waals surface area (Å²) in [5.41, 5.74) is 0. The summed E-state index contributed by atoms with van der Waals surface area (Å²) in [4.78, 5) is 15.9. The molecule has 7 nitrogen and oxygen atoms in total. The van der Waals surface area contributed by atoms with Gasteiger partial charge in [-0.15, -0.1) is 0 Å². The fourth-order valence-electron chi connectivity index (χ4n) is 2.82. The Balaban J connectivity index is 2.00. The summed E-state index contributed by atoms with van der Waals surface area (Å²) in [6.45, 7) is 6.76. The highest BCUT2D eigenvalue weighted by molar-refractivity contribution is 7.86. The van der Waals surface area contributed by atoms with Gasteiger partial charge in [-0.05, 0) is 26.3 Å². The zero-order valence-electron chi connectivity index (χ0n) is 12.1. The summed E-state index contributed by atoms with van der Waals surface area (Å²) in [5.74, 6) is 0. The summed E-state index contributed by atoms with van der Waals surface area (Å²) in [6, 6.07) is -0.302. The first-order chi connectivity index (χ1) is 9.31. The second kappa shape index (κ2) is 5.87. The first kappa shape index (κ1) is 15.5. The highest BCUT2D eigenvalue weighted by Crippen LogP contribution is 2.28. The standard InChI is InChI=1S/C12H22N2O5S/c1-4-13-7-5-10(6-8-13)14-9(2)11(18-12(14)15)19-20(3,16)17/h9-11H,4-8H2,1-3H3. The van der Waals surface area contributed by atoms with Gasteiger partial charge in [0, 0.05) is 19.1 Å². The lowest BCUT2D eigenvalue weighted by Crippen LogP contribution is -2.48. The number of likely N-dealkylation sites (tertiary alicyclic amines) is 1. The van der Waals surface area contributed by atoms with Gasteiger partial charge in [-0.2, -0.15) is 8.42 Å². The Bertz CT molecular complexity index is 458. The number of amides is 1. The molecule has 20 heavy (non-hydrogen) atoms. The summed E-state index contributed by atoms with van der Waals surface area (Å²) < 4.78 is 32.2. The van der Waals surface area contributed by atoms with Crippen molar-refractivity contribution in [3.8, 4) is 0 Å². The number of carbonyl (C=O) groups is 1. The summed E-state index contributed by atoms with van der Waals surface area (Å²) in [6.07, 6.45) is 1.18. The van der Waals surface area contributed by atoms with Crippen LogP contribution in [0.2, 0.25) is 0 Å². The minimum absolute atomic E-state index is 0.0912. The molecule has 0 N–H and O–H groups in total. The van der Waals surface area contributed by atoms with E-state index in [0.717, 1.165) is 38.7 Å². The molecule has 0 radical (unpaired) electrons. The van der Waals surface area contributed by atoms with E-state index in [1.807, 2.05) is 0 Å². The first-order valence-corrected chi connectivity index (χ1v) is 8.73. The zero-order chi connectivity index (χ0) is 14.9. The smallest absolute Gasteiger partial charge is 0.412 e. The van der Waals surface area contributed by atoms with Crippen molar-refractivity contribution in [3.05, 3.63) is 0 Å². The Morgan fingerprint density at radius 1 is 1.35 bits per heavy atom. The molecule has 0 spiro atoms. The molecule has 2 unspecified atom stereocenters. The van der Waals surface area contributed by atoms with Gasteiger partial charge in [0.05, 0.1) is 12.3 Å². The Labute approximate surface area is 119 Å². The van der Waals surface area contributed by atoms with Crippen molar-refractivity contribution in [2.75, 3.05) is 25.9 Å². The Kier molecular flexibility index (Phi) is 4.55. The summed E-state index contributed by atoms with van der Waals surface area (Å²) in [7, 11) is -3.64. The molecule has 2 rings (SSSR count). The number of nitrogens with zero attached hydrogens (tertiary/aromatic N) is 2. The molecule has 0 aromatic rings. The van der Waals surface area contributed by atoms with Crippen molar-refractivity contribution < 1.29 is 22.1 Å². The highest BCUT2D eigenvalue weighted by Gasteiger charge is 2.45. The van der Waals surface area contributed by atoms with Gasteiger partial charge in [-0.1, -0.05) is 6.92 Å². The minimum atomic E-state index is -3.64. The molecule has 1 amide bonds. The van der Waals surface area contributed by atoms with Crippen LogP contribution in [0.15, 0.2) is 0 Å². The summed E-state index contributed by atoms with van der Waals surface area (Å²) in [5, 5.41) is 0. The molecular weight excluding hydrogens is 284 g/mol. The molecule has 0 aromatic heterocycles. The van der Waals surface area contributed by atoms with E-state index >= 15 is 0 Å². The molecule has 8 heteroatoms. The molecule has 0 aliphatic carbocycles. The molecule has 0 saturated carbocycles. The van der Waals surface area contributed by atoms with E-state index in [0.29, 0.717) is 0 Å². The van der Waals surface area contributed by atoms with E-state index in [1.165, 1.54) is 0 Å². The second-order valence-electron chi connectivity index (χ2n) is 5.37. The molecule has 0 aromatic carbocycles. The predicted molar refractivity (Wildman–Crippen MR) is 72.6 cm³/mol. The topological polar surface area (TPSA) is 76.2 Å². The molecule has 2 fully saturated rings. The first-order valence-electron chi connectivity index (χ1n) is 6.91. The lowest BCUT2D eigenvalue weighted by Gasteiger charge is -2.36. The number of cyclic esters (lactones) is 1. The normalized spacial score (nSPS) is 29.8. The molecular formula is C12H22N2O5S. The SMILES string of the molecule is CCN1CCC(N2C(=O)OC(OS(C)(=O)=O)C2C)CC1. The number of rotatable bonds is 4. The Hall–Kier alpha value is -0.860. The van der Waals surface area contributed by atoms with Gasteiger partial charge in [-0.25, -0.2) is 8.98 Å². The van der Waals surface area contributed by atoms with E-state index in [1.54, 1.807) is 11.8 Å². The van der Waals surface area contributed by atoms with Crippen LogP contribution in [0.1, 0.15) is 26.7 Å². The number of hydrogen-bond donors (Lipinski definition) is 0. The van der Waals surface area contributed by atoms with Crippen LogP contribution in [-0.4, -0.2) is 68.6 Å². The van der Waals surface area contributed by atoms with Crippen molar-refractivity contribution in [1.82, 2.24) is 9.80 Å². The predicted octanol–water partition coefficient (Wildman–Crippen LogP) is 0.614. The van der Waals surface area contributed by atoms with E-state index in [2.05, 4.69) is 11.8 Å². The number of hydrogen-bond acceptors (Lipinski definition) is 6. The van der Waals surface area contributed by atoms with Crippen LogP contribution in [0.5, 0.6) is 0 Å².